The van der Waals surface area contributed by atoms with Crippen molar-refractivity contribution in [2.24, 2.45) is 0 Å². The Balaban J connectivity index is 1.94. The molecule has 0 radical (unpaired) electrons. The van der Waals surface area contributed by atoms with E-state index in [4.69, 9.17) is 0 Å². The molecule has 2 heterocycles. The average Bonchev–Trinajstić information content (AvgIpc) is 2.77. The van der Waals surface area contributed by atoms with Gasteiger partial charge in [-0.1, -0.05) is 0 Å². The number of nitrogens with zero attached hydrogens (tertiary/aromatic N) is 2. The summed E-state index contributed by atoms with van der Waals surface area (Å²) < 4.78 is 1.17. The van der Waals surface area contributed by atoms with E-state index in [-0.39, 0.29) is 0 Å². The Bertz CT molecular complexity index is 527. The van der Waals surface area contributed by atoms with Gasteiger partial charge in [0.15, 0.2) is 0 Å². The molecule has 0 fully saturated rings. The molecule has 0 unspecified atom stereocenters. The zero-order chi connectivity index (χ0) is 13.0. The molecule has 2 aromatic heterocycles. The number of nitrogens with one attached hydrogen (secondary N) is 2. The molecule has 0 aliphatic rings. The van der Waals surface area contributed by atoms with E-state index in [1.807, 2.05) is 14.0 Å². The Labute approximate surface area is 119 Å². The van der Waals surface area contributed by atoms with Crippen LogP contribution in [0.15, 0.2) is 22.2 Å². The summed E-state index contributed by atoms with van der Waals surface area (Å²) in [5, 5.41) is 6.40. The van der Waals surface area contributed by atoms with Gasteiger partial charge in [-0.3, -0.25) is 0 Å². The van der Waals surface area contributed by atoms with E-state index in [1.54, 1.807) is 17.7 Å². The van der Waals surface area contributed by atoms with Crippen LogP contribution in [-0.4, -0.2) is 23.6 Å². The van der Waals surface area contributed by atoms with Crippen molar-refractivity contribution < 1.29 is 0 Å². The highest BCUT2D eigenvalue weighted by Crippen LogP contribution is 2.23. The molecular weight excluding hydrogens is 312 g/mol. The summed E-state index contributed by atoms with van der Waals surface area (Å²) in [6.45, 7) is 2.88. The second-order valence-corrected chi connectivity index (χ2v) is 6.38. The van der Waals surface area contributed by atoms with E-state index in [9.17, 15) is 0 Å². The first-order valence-electron chi connectivity index (χ1n) is 5.68. The number of anilines is 2. The van der Waals surface area contributed by atoms with Gasteiger partial charge in [-0.2, -0.15) is 0 Å². The van der Waals surface area contributed by atoms with Crippen molar-refractivity contribution in [1.29, 1.82) is 0 Å². The lowest BCUT2D eigenvalue weighted by atomic mass is 10.3. The lowest BCUT2D eigenvalue weighted by molar-refractivity contribution is 1.01. The summed E-state index contributed by atoms with van der Waals surface area (Å²) in [5.74, 6) is 1.76. The Morgan fingerprint density at radius 1 is 1.28 bits per heavy atom. The third-order valence-electron chi connectivity index (χ3n) is 2.61. The molecule has 6 heteroatoms. The van der Waals surface area contributed by atoms with Crippen LogP contribution < -0.4 is 10.6 Å². The summed E-state index contributed by atoms with van der Waals surface area (Å²) in [4.78, 5) is 9.77. The maximum Gasteiger partial charge on any atom is 0.134 e. The molecule has 0 bridgehead atoms. The molecule has 0 amide bonds. The Kier molecular flexibility index (Phi) is 4.54. The minimum absolute atomic E-state index is 0.867. The van der Waals surface area contributed by atoms with Gasteiger partial charge in [0.1, 0.15) is 18.0 Å². The fourth-order valence-electron chi connectivity index (χ4n) is 1.67. The molecular formula is C12H15BrN4S. The maximum absolute atomic E-state index is 4.26. The third-order valence-corrected chi connectivity index (χ3v) is 4.30. The van der Waals surface area contributed by atoms with Crippen LogP contribution in [0.4, 0.5) is 11.6 Å². The second kappa shape index (κ2) is 6.15. The van der Waals surface area contributed by atoms with Gasteiger partial charge < -0.3 is 10.6 Å². The molecule has 0 aromatic carbocycles. The van der Waals surface area contributed by atoms with Gasteiger partial charge in [0.25, 0.3) is 0 Å². The molecule has 0 aliphatic heterocycles. The number of thiophene rings is 1. The molecule has 0 aliphatic carbocycles. The SMILES string of the molecule is CNc1ncnc(NCCc2ccc(Br)s2)c1C. The van der Waals surface area contributed by atoms with Gasteiger partial charge in [0.2, 0.25) is 0 Å². The lowest BCUT2D eigenvalue weighted by Crippen LogP contribution is -2.09. The van der Waals surface area contributed by atoms with E-state index in [1.165, 1.54) is 8.66 Å². The summed E-state index contributed by atoms with van der Waals surface area (Å²) >= 11 is 5.23. The third kappa shape index (κ3) is 3.20. The first-order valence-corrected chi connectivity index (χ1v) is 7.29. The van der Waals surface area contributed by atoms with Crippen molar-refractivity contribution in [3.05, 3.63) is 32.7 Å². The van der Waals surface area contributed by atoms with Crippen molar-refractivity contribution >= 4 is 38.9 Å². The van der Waals surface area contributed by atoms with Crippen LogP contribution in [0, 0.1) is 6.92 Å². The average molecular weight is 327 g/mol. The number of halogens is 1. The largest absolute Gasteiger partial charge is 0.373 e. The zero-order valence-electron chi connectivity index (χ0n) is 10.3. The highest BCUT2D eigenvalue weighted by atomic mass is 79.9. The standard InChI is InChI=1S/C12H15BrN4S/c1-8-11(14-2)16-7-17-12(8)15-6-5-9-3-4-10(13)18-9/h3-4,7H,5-6H2,1-2H3,(H2,14,15,16,17). The molecule has 18 heavy (non-hydrogen) atoms. The van der Waals surface area contributed by atoms with E-state index in [0.29, 0.717) is 0 Å². The number of aromatic nitrogens is 2. The monoisotopic (exact) mass is 326 g/mol. The van der Waals surface area contributed by atoms with Gasteiger partial charge in [-0.25, -0.2) is 9.97 Å². The summed E-state index contributed by atoms with van der Waals surface area (Å²) in [5.41, 5.74) is 1.05. The molecule has 0 saturated heterocycles. The fourth-order valence-corrected chi connectivity index (χ4v) is 3.15. The van der Waals surface area contributed by atoms with Crippen LogP contribution in [0.3, 0.4) is 0 Å². The first-order chi connectivity index (χ1) is 8.70. The highest BCUT2D eigenvalue weighted by Gasteiger charge is 2.05. The van der Waals surface area contributed by atoms with Gasteiger partial charge >= 0.3 is 0 Å². The van der Waals surface area contributed by atoms with Crippen molar-refractivity contribution in [1.82, 2.24) is 9.97 Å². The van der Waals surface area contributed by atoms with E-state index in [0.717, 1.165) is 30.2 Å². The summed E-state index contributed by atoms with van der Waals surface area (Å²) in [6, 6.07) is 4.22. The smallest absolute Gasteiger partial charge is 0.134 e. The highest BCUT2D eigenvalue weighted by molar-refractivity contribution is 9.11. The van der Waals surface area contributed by atoms with Crippen molar-refractivity contribution in [3.63, 3.8) is 0 Å². The van der Waals surface area contributed by atoms with Crippen LogP contribution in [-0.2, 0) is 6.42 Å². The normalized spacial score (nSPS) is 10.4. The van der Waals surface area contributed by atoms with Crippen molar-refractivity contribution in [2.75, 3.05) is 24.2 Å². The molecule has 4 nitrogen and oxygen atoms in total. The van der Waals surface area contributed by atoms with Crippen LogP contribution in [0.25, 0.3) is 0 Å². The van der Waals surface area contributed by atoms with Gasteiger partial charge in [0.05, 0.1) is 3.79 Å². The zero-order valence-corrected chi connectivity index (χ0v) is 12.7. The molecule has 0 saturated carbocycles. The van der Waals surface area contributed by atoms with Crippen LogP contribution in [0.5, 0.6) is 0 Å². The van der Waals surface area contributed by atoms with Gasteiger partial charge in [-0.15, -0.1) is 11.3 Å². The van der Waals surface area contributed by atoms with Crippen molar-refractivity contribution in [2.45, 2.75) is 13.3 Å². The van der Waals surface area contributed by atoms with Crippen LogP contribution in [0.1, 0.15) is 10.4 Å². The lowest BCUT2D eigenvalue weighted by Gasteiger charge is -2.10. The summed E-state index contributed by atoms with van der Waals surface area (Å²) in [6.07, 6.45) is 2.57. The quantitative estimate of drug-likeness (QED) is 0.885. The van der Waals surface area contributed by atoms with Crippen LogP contribution >= 0.6 is 27.3 Å². The predicted molar refractivity (Wildman–Crippen MR) is 80.5 cm³/mol. The number of rotatable bonds is 5. The maximum atomic E-state index is 4.26. The topological polar surface area (TPSA) is 49.8 Å². The molecule has 2 rings (SSSR count). The number of hydrogen-bond donors (Lipinski definition) is 2. The molecule has 96 valence electrons. The molecule has 2 N–H and O–H groups in total. The van der Waals surface area contributed by atoms with E-state index in [2.05, 4.69) is 48.7 Å². The van der Waals surface area contributed by atoms with Gasteiger partial charge in [-0.05, 0) is 41.4 Å². The fraction of sp³-hybridized carbons (Fsp3) is 0.333. The minimum Gasteiger partial charge on any atom is -0.373 e. The van der Waals surface area contributed by atoms with Crippen molar-refractivity contribution in [3.8, 4) is 0 Å². The van der Waals surface area contributed by atoms with E-state index < -0.39 is 0 Å². The molecule has 0 spiro atoms. The second-order valence-electron chi connectivity index (χ2n) is 3.83. The molecule has 0 atom stereocenters. The van der Waals surface area contributed by atoms with Gasteiger partial charge in [0, 0.05) is 24.0 Å². The minimum atomic E-state index is 0.867. The van der Waals surface area contributed by atoms with Crippen LogP contribution in [0.2, 0.25) is 0 Å². The summed E-state index contributed by atoms with van der Waals surface area (Å²) in [7, 11) is 1.86. The Morgan fingerprint density at radius 2 is 2.06 bits per heavy atom. The molecule has 2 aromatic rings. The van der Waals surface area contributed by atoms with E-state index >= 15 is 0 Å². The Hall–Kier alpha value is -1.14. The Morgan fingerprint density at radius 3 is 2.72 bits per heavy atom. The predicted octanol–water partition coefficient (Wildman–Crippen LogP) is 3.31. The number of hydrogen-bond acceptors (Lipinski definition) is 5. The first kappa shape index (κ1) is 13.3.